The summed E-state index contributed by atoms with van der Waals surface area (Å²) in [7, 11) is 0. The van der Waals surface area contributed by atoms with Crippen molar-refractivity contribution in [3.63, 3.8) is 0 Å². The molecular formula is C7H12F3N3O2. The lowest BCUT2D eigenvalue weighted by atomic mass is 10.2. The van der Waals surface area contributed by atoms with Crippen LogP contribution in [0, 0.1) is 0 Å². The molecule has 0 spiro atoms. The fourth-order valence-electron chi connectivity index (χ4n) is 0.798. The number of carbonyl (C=O) groups excluding carboxylic acids is 2. The van der Waals surface area contributed by atoms with Crippen LogP contribution < -0.4 is 16.6 Å². The minimum atomic E-state index is -4.18. The van der Waals surface area contributed by atoms with Crippen molar-refractivity contribution in [3.8, 4) is 0 Å². The van der Waals surface area contributed by atoms with Crippen molar-refractivity contribution < 1.29 is 22.8 Å². The fourth-order valence-corrected chi connectivity index (χ4v) is 0.798. The van der Waals surface area contributed by atoms with Crippen LogP contribution in [0.4, 0.5) is 13.2 Å². The molecule has 0 aromatic rings. The Kier molecular flexibility index (Phi) is 5.68. The molecule has 0 unspecified atom stereocenters. The number of alkyl halides is 3. The predicted molar refractivity (Wildman–Crippen MR) is 45.2 cm³/mol. The number of nitrogens with two attached hydrogens (primary N) is 1. The molecule has 88 valence electrons. The molecule has 0 aliphatic heterocycles. The average molecular weight is 227 g/mol. The number of hydrazine groups is 1. The molecule has 0 aliphatic carbocycles. The standard InChI is InChI=1S/C7H12F3N3O2/c8-7(9,10)3-1-2-4-12-5(14)6(15)13-11/h1-4,11H2,(H,12,14)(H,13,15). The minimum Gasteiger partial charge on any atom is -0.348 e. The summed E-state index contributed by atoms with van der Waals surface area (Å²) < 4.78 is 35.0. The molecule has 0 aliphatic rings. The van der Waals surface area contributed by atoms with Gasteiger partial charge in [-0.15, -0.1) is 0 Å². The van der Waals surface area contributed by atoms with Gasteiger partial charge < -0.3 is 5.32 Å². The molecule has 0 atom stereocenters. The molecule has 0 bridgehead atoms. The Morgan fingerprint density at radius 1 is 1.13 bits per heavy atom. The van der Waals surface area contributed by atoms with E-state index in [1.807, 2.05) is 0 Å². The van der Waals surface area contributed by atoms with Crippen molar-refractivity contribution in [2.24, 2.45) is 5.84 Å². The van der Waals surface area contributed by atoms with Gasteiger partial charge in [0.25, 0.3) is 0 Å². The molecule has 8 heteroatoms. The first-order valence-electron chi connectivity index (χ1n) is 4.22. The van der Waals surface area contributed by atoms with Gasteiger partial charge in [-0.2, -0.15) is 13.2 Å². The summed E-state index contributed by atoms with van der Waals surface area (Å²) >= 11 is 0. The topological polar surface area (TPSA) is 84.2 Å². The zero-order valence-electron chi connectivity index (χ0n) is 7.86. The maximum absolute atomic E-state index is 11.7. The van der Waals surface area contributed by atoms with Gasteiger partial charge in [-0.3, -0.25) is 15.0 Å². The Morgan fingerprint density at radius 3 is 2.20 bits per heavy atom. The summed E-state index contributed by atoms with van der Waals surface area (Å²) in [5.74, 6) is 2.67. The number of halogens is 3. The molecule has 0 saturated heterocycles. The van der Waals surface area contributed by atoms with E-state index < -0.39 is 24.4 Å². The third-order valence-corrected chi connectivity index (χ3v) is 1.51. The zero-order valence-corrected chi connectivity index (χ0v) is 7.86. The third-order valence-electron chi connectivity index (χ3n) is 1.51. The monoisotopic (exact) mass is 227 g/mol. The molecule has 2 amide bonds. The maximum atomic E-state index is 11.7. The lowest BCUT2D eigenvalue weighted by molar-refractivity contribution is -0.139. The van der Waals surface area contributed by atoms with Gasteiger partial charge in [0.2, 0.25) is 0 Å². The summed E-state index contributed by atoms with van der Waals surface area (Å²) in [4.78, 5) is 21.2. The Balaban J connectivity index is 3.47. The SMILES string of the molecule is NNC(=O)C(=O)NCCCCC(F)(F)F. The maximum Gasteiger partial charge on any atom is 0.389 e. The smallest absolute Gasteiger partial charge is 0.348 e. The van der Waals surface area contributed by atoms with Crippen molar-refractivity contribution in [2.45, 2.75) is 25.4 Å². The van der Waals surface area contributed by atoms with E-state index >= 15 is 0 Å². The van der Waals surface area contributed by atoms with Crippen molar-refractivity contribution in [1.82, 2.24) is 10.7 Å². The van der Waals surface area contributed by atoms with Crippen LogP contribution in [0.25, 0.3) is 0 Å². The molecule has 0 rings (SSSR count). The van der Waals surface area contributed by atoms with Crippen LogP contribution in [-0.2, 0) is 9.59 Å². The first-order valence-corrected chi connectivity index (χ1v) is 4.22. The van der Waals surface area contributed by atoms with Crippen LogP contribution in [0.3, 0.4) is 0 Å². The van der Waals surface area contributed by atoms with Crippen LogP contribution in [0.5, 0.6) is 0 Å². The normalized spacial score (nSPS) is 10.9. The van der Waals surface area contributed by atoms with Gasteiger partial charge in [0, 0.05) is 13.0 Å². The van der Waals surface area contributed by atoms with Gasteiger partial charge >= 0.3 is 18.0 Å². The summed E-state index contributed by atoms with van der Waals surface area (Å²) in [6, 6.07) is 0. The van der Waals surface area contributed by atoms with Gasteiger partial charge in [-0.1, -0.05) is 0 Å². The molecule has 5 nitrogen and oxygen atoms in total. The van der Waals surface area contributed by atoms with E-state index in [0.717, 1.165) is 0 Å². The molecule has 0 radical (unpaired) electrons. The second-order valence-corrected chi connectivity index (χ2v) is 2.80. The number of amides is 2. The number of hydrogen-bond acceptors (Lipinski definition) is 3. The van der Waals surface area contributed by atoms with Gasteiger partial charge in [0.15, 0.2) is 0 Å². The van der Waals surface area contributed by atoms with E-state index in [0.29, 0.717) is 0 Å². The second kappa shape index (κ2) is 6.23. The van der Waals surface area contributed by atoms with Gasteiger partial charge in [0.1, 0.15) is 0 Å². The van der Waals surface area contributed by atoms with Gasteiger partial charge in [-0.05, 0) is 12.8 Å². The molecule has 4 N–H and O–H groups in total. The second-order valence-electron chi connectivity index (χ2n) is 2.80. The van der Waals surface area contributed by atoms with Crippen molar-refractivity contribution in [1.29, 1.82) is 0 Å². The van der Waals surface area contributed by atoms with Gasteiger partial charge in [0.05, 0.1) is 0 Å². The highest BCUT2D eigenvalue weighted by atomic mass is 19.4. The van der Waals surface area contributed by atoms with Crippen molar-refractivity contribution >= 4 is 11.8 Å². The number of rotatable bonds is 4. The number of unbranched alkanes of at least 4 members (excludes halogenated alkanes) is 1. The van der Waals surface area contributed by atoms with Crippen LogP contribution in [0.2, 0.25) is 0 Å². The largest absolute Gasteiger partial charge is 0.389 e. The first-order chi connectivity index (χ1) is 6.87. The lowest BCUT2D eigenvalue weighted by Crippen LogP contribution is -2.43. The molecule has 0 aromatic heterocycles. The Labute approximate surface area is 84.2 Å². The summed E-state index contributed by atoms with van der Waals surface area (Å²) in [5, 5.41) is 2.12. The molecular weight excluding hydrogens is 215 g/mol. The highest BCUT2D eigenvalue weighted by molar-refractivity contribution is 6.34. The summed E-state index contributed by atoms with van der Waals surface area (Å²) in [6.45, 7) is 0.0162. The lowest BCUT2D eigenvalue weighted by Gasteiger charge is -2.06. The van der Waals surface area contributed by atoms with Crippen molar-refractivity contribution in [2.75, 3.05) is 6.54 Å². The highest BCUT2D eigenvalue weighted by Crippen LogP contribution is 2.21. The number of carbonyl (C=O) groups is 2. The summed E-state index contributed by atoms with van der Waals surface area (Å²) in [6.07, 6.45) is -5.01. The number of nitrogens with one attached hydrogen (secondary N) is 2. The van der Waals surface area contributed by atoms with E-state index in [-0.39, 0.29) is 19.4 Å². The molecule has 0 fully saturated rings. The Bertz CT molecular complexity index is 230. The van der Waals surface area contributed by atoms with Crippen LogP contribution in [0.1, 0.15) is 19.3 Å². The van der Waals surface area contributed by atoms with E-state index in [4.69, 9.17) is 0 Å². The molecule has 0 saturated carbocycles. The molecule has 0 aromatic carbocycles. The van der Waals surface area contributed by atoms with Crippen molar-refractivity contribution in [3.05, 3.63) is 0 Å². The van der Waals surface area contributed by atoms with E-state index in [1.165, 1.54) is 0 Å². The molecule has 0 heterocycles. The average Bonchev–Trinajstić information content (AvgIpc) is 2.14. The third kappa shape index (κ3) is 7.74. The molecule has 15 heavy (non-hydrogen) atoms. The fraction of sp³-hybridized carbons (Fsp3) is 0.714. The summed E-state index contributed by atoms with van der Waals surface area (Å²) in [5.41, 5.74) is 1.60. The Morgan fingerprint density at radius 2 is 1.73 bits per heavy atom. The van der Waals surface area contributed by atoms with Crippen LogP contribution in [-0.4, -0.2) is 24.5 Å². The van der Waals surface area contributed by atoms with Crippen LogP contribution in [0.15, 0.2) is 0 Å². The predicted octanol–water partition coefficient (Wildman–Crippen LogP) is -0.175. The van der Waals surface area contributed by atoms with E-state index in [2.05, 4.69) is 11.2 Å². The quantitative estimate of drug-likeness (QED) is 0.205. The zero-order chi connectivity index (χ0) is 11.9. The highest BCUT2D eigenvalue weighted by Gasteiger charge is 2.25. The first kappa shape index (κ1) is 13.7. The van der Waals surface area contributed by atoms with Gasteiger partial charge in [-0.25, -0.2) is 5.84 Å². The minimum absolute atomic E-state index is 0.0162. The van der Waals surface area contributed by atoms with E-state index in [9.17, 15) is 22.8 Å². The Hall–Kier alpha value is -1.31. The van der Waals surface area contributed by atoms with E-state index in [1.54, 1.807) is 5.43 Å². The van der Waals surface area contributed by atoms with Crippen LogP contribution >= 0.6 is 0 Å². The number of hydrogen-bond donors (Lipinski definition) is 3.